The van der Waals surface area contributed by atoms with E-state index >= 15 is 0 Å². The predicted molar refractivity (Wildman–Crippen MR) is 95.3 cm³/mol. The molecule has 0 saturated carbocycles. The molecule has 1 amide bonds. The molecule has 5 heteroatoms. The number of amides is 1. The quantitative estimate of drug-likeness (QED) is 0.430. The maximum Gasteiger partial charge on any atom is 0.275 e. The number of benzene rings is 2. The maximum atomic E-state index is 12.0. The van der Waals surface area contributed by atoms with Gasteiger partial charge in [0.05, 0.1) is 11.8 Å². The van der Waals surface area contributed by atoms with Gasteiger partial charge in [-0.25, -0.2) is 5.43 Å². The fourth-order valence-electron chi connectivity index (χ4n) is 2.55. The molecule has 1 aromatic heterocycles. The molecule has 0 aliphatic carbocycles. The third-order valence-electron chi connectivity index (χ3n) is 3.66. The molecule has 0 fully saturated rings. The van der Waals surface area contributed by atoms with Crippen molar-refractivity contribution in [3.8, 4) is 5.75 Å². The summed E-state index contributed by atoms with van der Waals surface area (Å²) in [5.41, 5.74) is 4.59. The first-order valence-electron chi connectivity index (χ1n) is 7.51. The summed E-state index contributed by atoms with van der Waals surface area (Å²) in [6.45, 7) is 4.46. The Balaban J connectivity index is 1.82. The zero-order valence-electron chi connectivity index (χ0n) is 13.0. The van der Waals surface area contributed by atoms with Gasteiger partial charge in [-0.3, -0.25) is 4.79 Å². The van der Waals surface area contributed by atoms with Gasteiger partial charge in [0.25, 0.3) is 5.91 Å². The minimum absolute atomic E-state index is 0.0761. The van der Waals surface area contributed by atoms with Crippen molar-refractivity contribution in [2.75, 3.05) is 0 Å². The number of fused-ring (bicyclic) bond motifs is 1. The third kappa shape index (κ3) is 3.05. The number of nitrogens with one attached hydrogen (secondary N) is 1. The normalized spacial score (nSPS) is 11.0. The van der Waals surface area contributed by atoms with E-state index in [1.165, 1.54) is 12.1 Å². The van der Waals surface area contributed by atoms with Gasteiger partial charge in [0.15, 0.2) is 0 Å². The molecule has 0 aliphatic heterocycles. The summed E-state index contributed by atoms with van der Waals surface area (Å²) in [5.74, 6) is -0.535. The van der Waals surface area contributed by atoms with Crippen LogP contribution in [0.2, 0.25) is 0 Å². The zero-order chi connectivity index (χ0) is 16.9. The second-order valence-corrected chi connectivity index (χ2v) is 5.26. The number of carbonyl (C=O) groups is 1. The molecule has 0 radical (unpaired) electrons. The van der Waals surface area contributed by atoms with E-state index in [0.717, 1.165) is 16.5 Å². The number of hydrazone groups is 1. The Labute approximate surface area is 139 Å². The Morgan fingerprint density at radius 3 is 2.75 bits per heavy atom. The number of para-hydroxylation sites is 2. The summed E-state index contributed by atoms with van der Waals surface area (Å²) in [6.07, 6.45) is 5.38. The number of nitrogens with zero attached hydrogens (tertiary/aromatic N) is 2. The summed E-state index contributed by atoms with van der Waals surface area (Å²) >= 11 is 0. The van der Waals surface area contributed by atoms with Crippen molar-refractivity contribution in [3.05, 3.63) is 78.5 Å². The van der Waals surface area contributed by atoms with Gasteiger partial charge in [-0.1, -0.05) is 36.4 Å². The van der Waals surface area contributed by atoms with Gasteiger partial charge in [0, 0.05) is 29.2 Å². The molecule has 0 atom stereocenters. The Morgan fingerprint density at radius 1 is 1.21 bits per heavy atom. The van der Waals surface area contributed by atoms with Crippen molar-refractivity contribution >= 4 is 23.0 Å². The smallest absolute Gasteiger partial charge is 0.275 e. The summed E-state index contributed by atoms with van der Waals surface area (Å²) in [6, 6.07) is 14.3. The fraction of sp³-hybridized carbons (Fsp3) is 0.0526. The summed E-state index contributed by atoms with van der Waals surface area (Å²) in [4.78, 5) is 12.0. The number of hydrogen-bond acceptors (Lipinski definition) is 3. The van der Waals surface area contributed by atoms with Crippen LogP contribution in [0.15, 0.2) is 72.5 Å². The second kappa shape index (κ2) is 6.83. The lowest BCUT2D eigenvalue weighted by molar-refractivity contribution is 0.0952. The highest BCUT2D eigenvalue weighted by Crippen LogP contribution is 2.20. The first kappa shape index (κ1) is 15.6. The van der Waals surface area contributed by atoms with Gasteiger partial charge >= 0.3 is 0 Å². The van der Waals surface area contributed by atoms with Crippen LogP contribution >= 0.6 is 0 Å². The zero-order valence-corrected chi connectivity index (χ0v) is 13.0. The summed E-state index contributed by atoms with van der Waals surface area (Å²) < 4.78 is 2.06. The number of phenols is 1. The van der Waals surface area contributed by atoms with Crippen molar-refractivity contribution in [1.82, 2.24) is 9.99 Å². The molecule has 3 rings (SSSR count). The molecular formula is C19H17N3O2. The van der Waals surface area contributed by atoms with Gasteiger partial charge < -0.3 is 9.67 Å². The number of carbonyl (C=O) groups excluding carboxylic acids is 1. The van der Waals surface area contributed by atoms with E-state index < -0.39 is 5.91 Å². The highest BCUT2D eigenvalue weighted by atomic mass is 16.3. The molecule has 0 unspecified atom stereocenters. The lowest BCUT2D eigenvalue weighted by Crippen LogP contribution is -2.17. The van der Waals surface area contributed by atoms with E-state index in [1.807, 2.05) is 36.5 Å². The summed E-state index contributed by atoms with van der Waals surface area (Å²) in [5, 5.41) is 14.7. The van der Waals surface area contributed by atoms with Crippen molar-refractivity contribution in [2.24, 2.45) is 5.10 Å². The Bertz CT molecular complexity index is 925. The first-order valence-corrected chi connectivity index (χ1v) is 7.51. The predicted octanol–water partition coefficient (Wildman–Crippen LogP) is 3.30. The minimum atomic E-state index is -0.459. The lowest BCUT2D eigenvalue weighted by atomic mass is 10.2. The topological polar surface area (TPSA) is 66.6 Å². The molecule has 3 aromatic rings. The summed E-state index contributed by atoms with van der Waals surface area (Å²) in [7, 11) is 0. The van der Waals surface area contributed by atoms with Gasteiger partial charge in [-0.05, 0) is 18.2 Å². The molecule has 2 N–H and O–H groups in total. The average molecular weight is 319 g/mol. The van der Waals surface area contributed by atoms with Crippen molar-refractivity contribution < 1.29 is 9.90 Å². The standard InChI is InChI=1S/C19H17N3O2/c1-2-11-22-13-14(15-7-3-5-9-17(15)22)12-20-21-19(24)16-8-4-6-10-18(16)23/h2-10,12-13,23H,1,11H2,(H,21,24)/b20-12+. The molecule has 0 spiro atoms. The van der Waals surface area contributed by atoms with Crippen molar-refractivity contribution in [1.29, 1.82) is 0 Å². The average Bonchev–Trinajstić information content (AvgIpc) is 2.94. The number of aromatic nitrogens is 1. The Hall–Kier alpha value is -3.34. The molecule has 24 heavy (non-hydrogen) atoms. The molecule has 1 heterocycles. The van der Waals surface area contributed by atoms with Crippen LogP contribution in [0.25, 0.3) is 10.9 Å². The van der Waals surface area contributed by atoms with Crippen molar-refractivity contribution in [2.45, 2.75) is 6.54 Å². The second-order valence-electron chi connectivity index (χ2n) is 5.26. The van der Waals surface area contributed by atoms with E-state index in [2.05, 4.69) is 21.7 Å². The maximum absolute atomic E-state index is 12.0. The van der Waals surface area contributed by atoms with E-state index in [4.69, 9.17) is 0 Å². The van der Waals surface area contributed by atoms with Crippen LogP contribution in [-0.2, 0) is 6.54 Å². The fourth-order valence-corrected chi connectivity index (χ4v) is 2.55. The van der Waals surface area contributed by atoms with Crippen molar-refractivity contribution in [3.63, 3.8) is 0 Å². The molecule has 5 nitrogen and oxygen atoms in total. The van der Waals surface area contributed by atoms with E-state index in [9.17, 15) is 9.90 Å². The molecule has 2 aromatic carbocycles. The van der Waals surface area contributed by atoms with E-state index in [-0.39, 0.29) is 11.3 Å². The molecular weight excluding hydrogens is 302 g/mol. The molecule has 0 saturated heterocycles. The van der Waals surface area contributed by atoms with Crippen LogP contribution < -0.4 is 5.43 Å². The number of hydrogen-bond donors (Lipinski definition) is 2. The van der Waals surface area contributed by atoms with Gasteiger partial charge in [-0.2, -0.15) is 5.10 Å². The van der Waals surface area contributed by atoms with Crippen LogP contribution in [0.3, 0.4) is 0 Å². The number of aromatic hydroxyl groups is 1. The van der Waals surface area contributed by atoms with Gasteiger partial charge in [-0.15, -0.1) is 6.58 Å². The van der Waals surface area contributed by atoms with Gasteiger partial charge in [0.1, 0.15) is 5.75 Å². The Kier molecular flexibility index (Phi) is 4.43. The lowest BCUT2D eigenvalue weighted by Gasteiger charge is -2.01. The largest absolute Gasteiger partial charge is 0.507 e. The first-order chi connectivity index (χ1) is 11.7. The van der Waals surface area contributed by atoms with Gasteiger partial charge in [0.2, 0.25) is 0 Å². The van der Waals surface area contributed by atoms with Crippen LogP contribution in [0.4, 0.5) is 0 Å². The number of allylic oxidation sites excluding steroid dienone is 1. The number of phenolic OH excluding ortho intramolecular Hbond substituents is 1. The van der Waals surface area contributed by atoms with Crippen LogP contribution in [0.5, 0.6) is 5.75 Å². The monoisotopic (exact) mass is 319 g/mol. The van der Waals surface area contributed by atoms with Crippen LogP contribution in [-0.4, -0.2) is 21.8 Å². The third-order valence-corrected chi connectivity index (χ3v) is 3.66. The van der Waals surface area contributed by atoms with Crippen LogP contribution in [0, 0.1) is 0 Å². The Morgan fingerprint density at radius 2 is 1.96 bits per heavy atom. The minimum Gasteiger partial charge on any atom is -0.507 e. The highest BCUT2D eigenvalue weighted by Gasteiger charge is 2.09. The van der Waals surface area contributed by atoms with Crippen LogP contribution in [0.1, 0.15) is 15.9 Å². The SMILES string of the molecule is C=CCn1cc(/C=N/NC(=O)c2ccccc2O)c2ccccc21. The highest BCUT2D eigenvalue weighted by molar-refractivity contribution is 6.01. The van der Waals surface area contributed by atoms with E-state index in [1.54, 1.807) is 18.3 Å². The van der Waals surface area contributed by atoms with E-state index in [0.29, 0.717) is 6.54 Å². The molecule has 0 aliphatic rings. The molecule has 0 bridgehead atoms. The number of rotatable bonds is 5. The molecule has 120 valence electrons.